The van der Waals surface area contributed by atoms with Crippen LogP contribution in [0.1, 0.15) is 11.1 Å². The van der Waals surface area contributed by atoms with Gasteiger partial charge >= 0.3 is 0 Å². The molecule has 35 heavy (non-hydrogen) atoms. The van der Waals surface area contributed by atoms with Gasteiger partial charge in [0.05, 0.1) is 17.7 Å². The molecule has 9 heteroatoms. The number of aromatic nitrogens is 1. The van der Waals surface area contributed by atoms with E-state index >= 15 is 0 Å². The van der Waals surface area contributed by atoms with Crippen molar-refractivity contribution in [2.45, 2.75) is 6.61 Å². The number of non-ortho nitro benzene ring substituents is 1. The highest BCUT2D eigenvalue weighted by Crippen LogP contribution is 2.30. The molecule has 0 fully saturated rings. The minimum atomic E-state index is -0.725. The van der Waals surface area contributed by atoms with E-state index in [9.17, 15) is 20.2 Å². The second-order valence-corrected chi connectivity index (χ2v) is 7.49. The fourth-order valence-corrected chi connectivity index (χ4v) is 3.47. The Hall–Kier alpha value is -5.10. The van der Waals surface area contributed by atoms with Gasteiger partial charge in [-0.25, -0.2) is 0 Å². The van der Waals surface area contributed by atoms with Crippen molar-refractivity contribution in [3.63, 3.8) is 0 Å². The summed E-state index contributed by atoms with van der Waals surface area (Å²) in [7, 11) is 1.38. The SMILES string of the molecule is COc1ccc([N+](=O)[O-])cc1NC(=O)/C(C#N)=C/c1c[nH]c2ccc(OCc3ccccc3)cc12. The molecular weight excluding hydrogens is 448 g/mol. The van der Waals surface area contributed by atoms with E-state index in [4.69, 9.17) is 9.47 Å². The second-order valence-electron chi connectivity index (χ2n) is 7.49. The molecule has 1 amide bonds. The molecule has 0 aliphatic rings. The van der Waals surface area contributed by atoms with E-state index in [0.717, 1.165) is 16.5 Å². The number of fused-ring (bicyclic) bond motifs is 1. The number of nitro groups is 1. The van der Waals surface area contributed by atoms with Crippen LogP contribution in [0.5, 0.6) is 11.5 Å². The number of nitro benzene ring substituents is 1. The van der Waals surface area contributed by atoms with Crippen LogP contribution in [-0.4, -0.2) is 22.9 Å². The molecule has 9 nitrogen and oxygen atoms in total. The predicted molar refractivity (Wildman–Crippen MR) is 131 cm³/mol. The molecule has 0 bridgehead atoms. The average Bonchev–Trinajstić information content (AvgIpc) is 3.28. The lowest BCUT2D eigenvalue weighted by molar-refractivity contribution is -0.384. The van der Waals surface area contributed by atoms with Gasteiger partial charge in [0.15, 0.2) is 0 Å². The van der Waals surface area contributed by atoms with E-state index in [-0.39, 0.29) is 22.7 Å². The van der Waals surface area contributed by atoms with Crippen LogP contribution in [0, 0.1) is 21.4 Å². The van der Waals surface area contributed by atoms with Gasteiger partial charge in [0.25, 0.3) is 11.6 Å². The zero-order chi connectivity index (χ0) is 24.8. The number of nitriles is 1. The van der Waals surface area contributed by atoms with Gasteiger partial charge < -0.3 is 19.8 Å². The van der Waals surface area contributed by atoms with Crippen molar-refractivity contribution in [2.24, 2.45) is 0 Å². The van der Waals surface area contributed by atoms with Crippen LogP contribution >= 0.6 is 0 Å². The standard InChI is InChI=1S/C26H20N4O5/c1-34-25-10-7-20(30(32)33)12-24(25)29-26(31)18(14-27)11-19-15-28-23-9-8-21(13-22(19)23)35-16-17-5-3-2-4-6-17/h2-13,15,28H,16H2,1H3,(H,29,31)/b18-11+. The quantitative estimate of drug-likeness (QED) is 0.158. The molecule has 4 aromatic rings. The molecule has 174 valence electrons. The van der Waals surface area contributed by atoms with Gasteiger partial charge in [0.1, 0.15) is 29.7 Å². The predicted octanol–water partition coefficient (Wildman–Crippen LogP) is 5.21. The highest BCUT2D eigenvalue weighted by Gasteiger charge is 2.17. The summed E-state index contributed by atoms with van der Waals surface area (Å²) >= 11 is 0. The number of carbonyl (C=O) groups excluding carboxylic acids is 1. The number of carbonyl (C=O) groups is 1. The van der Waals surface area contributed by atoms with Crippen LogP contribution < -0.4 is 14.8 Å². The van der Waals surface area contributed by atoms with Crippen LogP contribution in [0.3, 0.4) is 0 Å². The van der Waals surface area contributed by atoms with E-state index in [0.29, 0.717) is 17.9 Å². The first kappa shape index (κ1) is 23.1. The number of amides is 1. The molecule has 0 saturated heterocycles. The lowest BCUT2D eigenvalue weighted by Crippen LogP contribution is -2.14. The number of methoxy groups -OCH3 is 1. The number of rotatable bonds is 8. The van der Waals surface area contributed by atoms with E-state index in [2.05, 4.69) is 10.3 Å². The lowest BCUT2D eigenvalue weighted by atomic mass is 10.1. The maximum Gasteiger partial charge on any atom is 0.271 e. The Morgan fingerprint density at radius 3 is 2.69 bits per heavy atom. The Kier molecular flexibility index (Phi) is 6.74. The Morgan fingerprint density at radius 1 is 1.17 bits per heavy atom. The summed E-state index contributed by atoms with van der Waals surface area (Å²) in [5, 5.41) is 24.0. The normalized spacial score (nSPS) is 11.0. The van der Waals surface area contributed by atoms with Gasteiger partial charge in [0.2, 0.25) is 0 Å². The number of benzene rings is 3. The Balaban J connectivity index is 1.58. The molecule has 2 N–H and O–H groups in total. The number of nitrogens with zero attached hydrogens (tertiary/aromatic N) is 2. The second kappa shape index (κ2) is 10.2. The van der Waals surface area contributed by atoms with Gasteiger partial charge in [-0.1, -0.05) is 30.3 Å². The Morgan fingerprint density at radius 2 is 1.97 bits per heavy atom. The third-order valence-electron chi connectivity index (χ3n) is 5.24. The van der Waals surface area contributed by atoms with Crippen molar-refractivity contribution in [1.82, 2.24) is 4.98 Å². The zero-order valence-electron chi connectivity index (χ0n) is 18.6. The number of aromatic amines is 1. The number of anilines is 1. The molecule has 0 saturated carbocycles. The number of hydrogen-bond acceptors (Lipinski definition) is 6. The third-order valence-corrected chi connectivity index (χ3v) is 5.24. The summed E-state index contributed by atoms with van der Waals surface area (Å²) in [4.78, 5) is 26.4. The minimum absolute atomic E-state index is 0.0865. The number of H-pyrrole nitrogens is 1. The molecule has 0 radical (unpaired) electrons. The monoisotopic (exact) mass is 468 g/mol. The van der Waals surface area contributed by atoms with Crippen LogP contribution in [0.2, 0.25) is 0 Å². The first-order valence-electron chi connectivity index (χ1n) is 10.5. The smallest absolute Gasteiger partial charge is 0.271 e. The summed E-state index contributed by atoms with van der Waals surface area (Å²) in [6.07, 6.45) is 3.13. The van der Waals surface area contributed by atoms with Crippen LogP contribution in [0.15, 0.2) is 78.5 Å². The summed E-state index contributed by atoms with van der Waals surface area (Å²) in [6, 6.07) is 21.0. The van der Waals surface area contributed by atoms with Gasteiger partial charge in [-0.3, -0.25) is 14.9 Å². The van der Waals surface area contributed by atoms with Crippen molar-refractivity contribution in [3.8, 4) is 17.6 Å². The van der Waals surface area contributed by atoms with E-state index in [1.54, 1.807) is 6.20 Å². The molecule has 0 aliphatic carbocycles. The summed E-state index contributed by atoms with van der Waals surface area (Å²) in [5.41, 5.74) is 2.13. The van der Waals surface area contributed by atoms with Gasteiger partial charge in [-0.2, -0.15) is 5.26 Å². The van der Waals surface area contributed by atoms with Gasteiger partial charge in [-0.15, -0.1) is 0 Å². The van der Waals surface area contributed by atoms with E-state index in [1.165, 1.54) is 31.4 Å². The van der Waals surface area contributed by atoms with Crippen LogP contribution in [-0.2, 0) is 11.4 Å². The van der Waals surface area contributed by atoms with E-state index < -0.39 is 10.8 Å². The first-order chi connectivity index (χ1) is 17.0. The Bertz CT molecular complexity index is 1470. The number of hydrogen-bond donors (Lipinski definition) is 2. The van der Waals surface area contributed by atoms with Crippen molar-refractivity contribution >= 4 is 34.3 Å². The molecular formula is C26H20N4O5. The molecule has 4 rings (SSSR count). The summed E-state index contributed by atoms with van der Waals surface area (Å²) < 4.78 is 11.1. The Labute approximate surface area is 200 Å². The summed E-state index contributed by atoms with van der Waals surface area (Å²) in [6.45, 7) is 0.402. The fourth-order valence-electron chi connectivity index (χ4n) is 3.47. The molecule has 0 spiro atoms. The fraction of sp³-hybridized carbons (Fsp3) is 0.0769. The van der Waals surface area contributed by atoms with Gasteiger partial charge in [0, 0.05) is 34.8 Å². The molecule has 0 aliphatic heterocycles. The van der Waals surface area contributed by atoms with E-state index in [1.807, 2.05) is 54.6 Å². The van der Waals surface area contributed by atoms with Crippen molar-refractivity contribution < 1.29 is 19.2 Å². The lowest BCUT2D eigenvalue weighted by Gasteiger charge is -2.09. The molecule has 3 aromatic carbocycles. The molecule has 1 heterocycles. The summed E-state index contributed by atoms with van der Waals surface area (Å²) in [5.74, 6) is 0.144. The largest absolute Gasteiger partial charge is 0.495 e. The van der Waals surface area contributed by atoms with Crippen molar-refractivity contribution in [1.29, 1.82) is 5.26 Å². The number of ether oxygens (including phenoxy) is 2. The minimum Gasteiger partial charge on any atom is -0.495 e. The molecule has 0 unspecified atom stereocenters. The van der Waals surface area contributed by atoms with Crippen LogP contribution in [0.25, 0.3) is 17.0 Å². The highest BCUT2D eigenvalue weighted by molar-refractivity contribution is 6.11. The van der Waals surface area contributed by atoms with Crippen molar-refractivity contribution in [2.75, 3.05) is 12.4 Å². The van der Waals surface area contributed by atoms with Crippen molar-refractivity contribution in [3.05, 3.63) is 99.7 Å². The maximum absolute atomic E-state index is 12.8. The molecule has 0 atom stereocenters. The third kappa shape index (κ3) is 5.29. The zero-order valence-corrected chi connectivity index (χ0v) is 18.6. The highest BCUT2D eigenvalue weighted by atomic mass is 16.6. The number of nitrogens with one attached hydrogen (secondary N) is 2. The average molecular weight is 468 g/mol. The maximum atomic E-state index is 12.8. The topological polar surface area (TPSA) is 130 Å². The first-order valence-corrected chi connectivity index (χ1v) is 10.5. The van der Waals surface area contributed by atoms with Gasteiger partial charge in [-0.05, 0) is 35.9 Å². The molecule has 1 aromatic heterocycles. The van der Waals surface area contributed by atoms with Crippen LogP contribution in [0.4, 0.5) is 11.4 Å².